The predicted octanol–water partition coefficient (Wildman–Crippen LogP) is 3.03. The van der Waals surface area contributed by atoms with Crippen LogP contribution in [0.15, 0.2) is 48.5 Å². The highest BCUT2D eigenvalue weighted by atomic mass is 16.5. The number of fused-ring (bicyclic) bond motifs is 1. The predicted molar refractivity (Wildman–Crippen MR) is 119 cm³/mol. The maximum absolute atomic E-state index is 12.7. The molecule has 0 bridgehead atoms. The van der Waals surface area contributed by atoms with Crippen LogP contribution in [0.4, 0.5) is 0 Å². The molecule has 1 N–H and O–H groups in total. The number of hydrogen-bond donors (Lipinski definition) is 1. The number of likely N-dealkylation sites (tertiary alicyclic amines) is 1. The van der Waals surface area contributed by atoms with E-state index in [-0.39, 0.29) is 11.8 Å². The number of carbonyl (C=O) groups excluding carboxylic acids is 2. The van der Waals surface area contributed by atoms with Crippen molar-refractivity contribution in [2.24, 2.45) is 0 Å². The zero-order valence-electron chi connectivity index (χ0n) is 17.8. The molecule has 7 nitrogen and oxygen atoms in total. The minimum atomic E-state index is -0.111. The summed E-state index contributed by atoms with van der Waals surface area (Å²) >= 11 is 0. The Morgan fingerprint density at radius 2 is 1.81 bits per heavy atom. The van der Waals surface area contributed by atoms with Crippen molar-refractivity contribution in [2.45, 2.75) is 32.2 Å². The molecule has 4 rings (SSSR count). The minimum absolute atomic E-state index is 0.111. The number of carbonyl (C=O) groups is 2. The number of aromatic nitrogens is 2. The first-order valence-corrected chi connectivity index (χ1v) is 10.8. The third-order valence-electron chi connectivity index (χ3n) is 5.70. The van der Waals surface area contributed by atoms with Gasteiger partial charge in [0.15, 0.2) is 0 Å². The van der Waals surface area contributed by atoms with Crippen LogP contribution < -0.4 is 10.1 Å². The van der Waals surface area contributed by atoms with E-state index in [0.29, 0.717) is 25.1 Å². The fraction of sp³-hybridized carbons (Fsp3) is 0.375. The maximum atomic E-state index is 12.7. The van der Waals surface area contributed by atoms with Gasteiger partial charge in [0, 0.05) is 31.6 Å². The smallest absolute Gasteiger partial charge is 0.251 e. The fourth-order valence-corrected chi connectivity index (χ4v) is 3.99. The summed E-state index contributed by atoms with van der Waals surface area (Å²) in [6, 6.07) is 15.0. The Bertz CT molecular complexity index is 1050. The number of nitrogens with one attached hydrogen (secondary N) is 1. The molecule has 0 spiro atoms. The summed E-state index contributed by atoms with van der Waals surface area (Å²) in [6.07, 6.45) is 3.59. The molecule has 3 aromatic rings. The molecule has 1 saturated heterocycles. The molecule has 1 fully saturated rings. The van der Waals surface area contributed by atoms with Crippen molar-refractivity contribution in [2.75, 3.05) is 26.7 Å². The first-order chi connectivity index (χ1) is 15.2. The molecular weight excluding hydrogens is 392 g/mol. The fourth-order valence-electron chi connectivity index (χ4n) is 3.99. The SMILES string of the molecule is COc1ccc(C(=O)NCCCc2nc3ccccc3n2CC(=O)N2CCCC2)cc1. The summed E-state index contributed by atoms with van der Waals surface area (Å²) in [5.74, 6) is 1.64. The van der Waals surface area contributed by atoms with Gasteiger partial charge < -0.3 is 19.5 Å². The molecule has 2 heterocycles. The Kier molecular flexibility index (Phi) is 6.50. The van der Waals surface area contributed by atoms with Crippen molar-refractivity contribution in [3.63, 3.8) is 0 Å². The Hall–Kier alpha value is -3.35. The summed E-state index contributed by atoms with van der Waals surface area (Å²) in [5, 5.41) is 2.95. The van der Waals surface area contributed by atoms with Crippen molar-refractivity contribution in [1.29, 1.82) is 0 Å². The standard InChI is InChI=1S/C24H28N4O3/c1-31-19-12-10-18(11-13-19)24(30)25-14-6-9-22-26-20-7-2-3-8-21(20)28(22)17-23(29)27-15-4-5-16-27/h2-3,7-8,10-13H,4-6,9,14-17H2,1H3,(H,25,30). The molecule has 2 amide bonds. The van der Waals surface area contributed by atoms with E-state index < -0.39 is 0 Å². The Balaban J connectivity index is 1.38. The molecule has 1 aliphatic rings. The number of rotatable bonds is 8. The van der Waals surface area contributed by atoms with E-state index in [2.05, 4.69) is 5.32 Å². The molecule has 0 atom stereocenters. The Labute approximate surface area is 182 Å². The molecular formula is C24H28N4O3. The van der Waals surface area contributed by atoms with Crippen molar-refractivity contribution in [1.82, 2.24) is 19.8 Å². The van der Waals surface area contributed by atoms with Gasteiger partial charge in [0.1, 0.15) is 18.1 Å². The second-order valence-corrected chi connectivity index (χ2v) is 7.78. The Morgan fingerprint density at radius 1 is 1.06 bits per heavy atom. The number of nitrogens with zero attached hydrogens (tertiary/aromatic N) is 3. The van der Waals surface area contributed by atoms with Crippen molar-refractivity contribution in [3.05, 3.63) is 59.9 Å². The summed E-state index contributed by atoms with van der Waals surface area (Å²) in [4.78, 5) is 31.8. The number of hydrogen-bond acceptors (Lipinski definition) is 4. The highest BCUT2D eigenvalue weighted by molar-refractivity contribution is 5.94. The van der Waals surface area contributed by atoms with Crippen LogP contribution in [0, 0.1) is 0 Å². The lowest BCUT2D eigenvalue weighted by Crippen LogP contribution is -2.31. The van der Waals surface area contributed by atoms with Gasteiger partial charge in [-0.05, 0) is 55.7 Å². The quantitative estimate of drug-likeness (QED) is 0.569. The van der Waals surface area contributed by atoms with E-state index in [4.69, 9.17) is 9.72 Å². The lowest BCUT2D eigenvalue weighted by Gasteiger charge is -2.17. The molecule has 0 unspecified atom stereocenters. The summed E-state index contributed by atoms with van der Waals surface area (Å²) < 4.78 is 7.15. The number of imidazole rings is 1. The van der Waals surface area contributed by atoms with Crippen LogP contribution >= 0.6 is 0 Å². The third kappa shape index (κ3) is 4.87. The van der Waals surface area contributed by atoms with Crippen LogP contribution in [0.2, 0.25) is 0 Å². The molecule has 1 aromatic heterocycles. The summed E-state index contributed by atoms with van der Waals surface area (Å²) in [5.41, 5.74) is 2.48. The van der Waals surface area contributed by atoms with Gasteiger partial charge in [-0.3, -0.25) is 9.59 Å². The molecule has 0 aliphatic carbocycles. The van der Waals surface area contributed by atoms with Crippen molar-refractivity contribution in [3.8, 4) is 5.75 Å². The van der Waals surface area contributed by atoms with Crippen molar-refractivity contribution >= 4 is 22.8 Å². The van der Waals surface area contributed by atoms with Crippen molar-refractivity contribution < 1.29 is 14.3 Å². The molecule has 7 heteroatoms. The van der Waals surface area contributed by atoms with Gasteiger partial charge in [-0.1, -0.05) is 12.1 Å². The van der Waals surface area contributed by atoms with Gasteiger partial charge >= 0.3 is 0 Å². The zero-order chi connectivity index (χ0) is 21.6. The van der Waals surface area contributed by atoms with Gasteiger partial charge in [-0.25, -0.2) is 4.98 Å². The lowest BCUT2D eigenvalue weighted by molar-refractivity contribution is -0.130. The van der Waals surface area contributed by atoms with Gasteiger partial charge in [-0.15, -0.1) is 0 Å². The van der Waals surface area contributed by atoms with Gasteiger partial charge in [0.05, 0.1) is 18.1 Å². The first kappa shape index (κ1) is 20.9. The first-order valence-electron chi connectivity index (χ1n) is 10.8. The largest absolute Gasteiger partial charge is 0.497 e. The van der Waals surface area contributed by atoms with Crippen LogP contribution in [-0.2, 0) is 17.8 Å². The lowest BCUT2D eigenvalue weighted by atomic mass is 10.2. The normalized spacial score (nSPS) is 13.5. The van der Waals surface area contributed by atoms with Gasteiger partial charge in [0.2, 0.25) is 5.91 Å². The van der Waals surface area contributed by atoms with Crippen LogP contribution in [0.5, 0.6) is 5.75 Å². The average Bonchev–Trinajstić information content (AvgIpc) is 3.45. The van der Waals surface area contributed by atoms with E-state index in [1.165, 1.54) is 0 Å². The average molecular weight is 421 g/mol. The highest BCUT2D eigenvalue weighted by Crippen LogP contribution is 2.18. The van der Waals surface area contributed by atoms with Crippen LogP contribution in [-0.4, -0.2) is 53.0 Å². The Morgan fingerprint density at radius 3 is 2.55 bits per heavy atom. The topological polar surface area (TPSA) is 76.5 Å². The summed E-state index contributed by atoms with van der Waals surface area (Å²) in [6.45, 7) is 2.54. The number of para-hydroxylation sites is 2. The molecule has 0 saturated carbocycles. The number of ether oxygens (including phenoxy) is 1. The van der Waals surface area contributed by atoms with Gasteiger partial charge in [-0.2, -0.15) is 0 Å². The zero-order valence-corrected chi connectivity index (χ0v) is 17.8. The second kappa shape index (κ2) is 9.64. The molecule has 31 heavy (non-hydrogen) atoms. The van der Waals surface area contributed by atoms with Crippen LogP contribution in [0.3, 0.4) is 0 Å². The minimum Gasteiger partial charge on any atom is -0.497 e. The number of amides is 2. The number of methoxy groups -OCH3 is 1. The molecule has 0 radical (unpaired) electrons. The van der Waals surface area contributed by atoms with E-state index in [1.54, 1.807) is 31.4 Å². The van der Waals surface area contributed by atoms with E-state index >= 15 is 0 Å². The van der Waals surface area contributed by atoms with E-state index in [9.17, 15) is 9.59 Å². The molecule has 162 valence electrons. The van der Waals surface area contributed by atoms with Gasteiger partial charge in [0.25, 0.3) is 5.91 Å². The molecule has 1 aliphatic heterocycles. The summed E-state index contributed by atoms with van der Waals surface area (Å²) in [7, 11) is 1.60. The monoisotopic (exact) mass is 420 g/mol. The van der Waals surface area contributed by atoms with E-state index in [1.807, 2.05) is 33.7 Å². The highest BCUT2D eigenvalue weighted by Gasteiger charge is 2.20. The van der Waals surface area contributed by atoms with Crippen LogP contribution in [0.25, 0.3) is 11.0 Å². The van der Waals surface area contributed by atoms with Crippen LogP contribution in [0.1, 0.15) is 35.4 Å². The number of benzene rings is 2. The second-order valence-electron chi connectivity index (χ2n) is 7.78. The maximum Gasteiger partial charge on any atom is 0.251 e. The third-order valence-corrected chi connectivity index (χ3v) is 5.70. The number of aryl methyl sites for hydroxylation is 1. The van der Waals surface area contributed by atoms with E-state index in [0.717, 1.165) is 55.0 Å². The molecule has 2 aromatic carbocycles.